The van der Waals surface area contributed by atoms with E-state index in [4.69, 9.17) is 16.3 Å². The van der Waals surface area contributed by atoms with Crippen molar-refractivity contribution in [2.75, 3.05) is 5.32 Å². The van der Waals surface area contributed by atoms with E-state index >= 15 is 0 Å². The van der Waals surface area contributed by atoms with Crippen molar-refractivity contribution in [2.24, 2.45) is 0 Å². The van der Waals surface area contributed by atoms with Crippen LogP contribution in [0.25, 0.3) is 0 Å². The van der Waals surface area contributed by atoms with Crippen LogP contribution >= 0.6 is 11.6 Å². The highest BCUT2D eigenvalue weighted by atomic mass is 35.5. The second-order valence-corrected chi connectivity index (χ2v) is 5.35. The minimum Gasteiger partial charge on any atom is -0.449 e. The van der Waals surface area contributed by atoms with Gasteiger partial charge in [0.2, 0.25) is 0 Å². The van der Waals surface area contributed by atoms with E-state index in [9.17, 15) is 9.59 Å². The van der Waals surface area contributed by atoms with Gasteiger partial charge in [-0.25, -0.2) is 4.79 Å². The molecule has 1 atom stereocenters. The summed E-state index contributed by atoms with van der Waals surface area (Å²) in [6, 6.07) is 8.31. The zero-order valence-electron chi connectivity index (χ0n) is 12.9. The molecule has 0 spiro atoms. The summed E-state index contributed by atoms with van der Waals surface area (Å²) in [5.41, 5.74) is 1.71. The number of esters is 1. The molecule has 1 amide bonds. The fourth-order valence-electron chi connectivity index (χ4n) is 1.96. The molecule has 1 N–H and O–H groups in total. The summed E-state index contributed by atoms with van der Waals surface area (Å²) in [6.07, 6.45) is 2.47. The quantitative estimate of drug-likeness (QED) is 0.849. The van der Waals surface area contributed by atoms with E-state index < -0.39 is 12.1 Å². The lowest BCUT2D eigenvalue weighted by Crippen LogP contribution is -2.32. The van der Waals surface area contributed by atoms with Gasteiger partial charge in [0.05, 0.1) is 5.56 Å². The number of hydrogen-bond acceptors (Lipinski definition) is 4. The van der Waals surface area contributed by atoms with Crippen LogP contribution in [-0.4, -0.2) is 23.0 Å². The van der Waals surface area contributed by atoms with Gasteiger partial charge in [-0.2, -0.15) is 0 Å². The lowest BCUT2D eigenvalue weighted by molar-refractivity contribution is -0.124. The molecule has 1 aromatic carbocycles. The Bertz CT molecular complexity index is 704. The van der Waals surface area contributed by atoms with E-state index in [1.165, 1.54) is 24.5 Å². The lowest BCUT2D eigenvalue weighted by Gasteiger charge is -2.17. The SMILES string of the molecule is CCC(OC(=O)c1ccncc1)C(=O)Nc1cccc(Cl)c1C. The van der Waals surface area contributed by atoms with Crippen molar-refractivity contribution in [3.8, 4) is 0 Å². The molecule has 2 aromatic rings. The zero-order valence-corrected chi connectivity index (χ0v) is 13.6. The third-order valence-corrected chi connectivity index (χ3v) is 3.76. The Balaban J connectivity index is 2.07. The first kappa shape index (κ1) is 17.0. The largest absolute Gasteiger partial charge is 0.449 e. The van der Waals surface area contributed by atoms with Crippen molar-refractivity contribution in [3.63, 3.8) is 0 Å². The molecule has 0 aliphatic heterocycles. The van der Waals surface area contributed by atoms with Crippen LogP contribution in [0, 0.1) is 6.92 Å². The summed E-state index contributed by atoms with van der Waals surface area (Å²) >= 11 is 6.03. The van der Waals surface area contributed by atoms with Crippen LogP contribution in [0.4, 0.5) is 5.69 Å². The van der Waals surface area contributed by atoms with Gasteiger partial charge >= 0.3 is 5.97 Å². The average Bonchev–Trinajstić information content (AvgIpc) is 2.57. The van der Waals surface area contributed by atoms with Crippen LogP contribution in [0.2, 0.25) is 5.02 Å². The van der Waals surface area contributed by atoms with Gasteiger partial charge in [-0.1, -0.05) is 24.6 Å². The smallest absolute Gasteiger partial charge is 0.339 e. The van der Waals surface area contributed by atoms with Gasteiger partial charge in [-0.3, -0.25) is 9.78 Å². The minimum atomic E-state index is -0.881. The second kappa shape index (κ2) is 7.74. The Morgan fingerprint density at radius 1 is 1.26 bits per heavy atom. The van der Waals surface area contributed by atoms with Gasteiger partial charge in [0.15, 0.2) is 6.10 Å². The maximum Gasteiger partial charge on any atom is 0.339 e. The van der Waals surface area contributed by atoms with Gasteiger partial charge < -0.3 is 10.1 Å². The number of rotatable bonds is 5. The van der Waals surface area contributed by atoms with E-state index in [-0.39, 0.29) is 5.91 Å². The Labute approximate surface area is 139 Å². The molecule has 1 unspecified atom stereocenters. The number of pyridine rings is 1. The molecule has 0 radical (unpaired) electrons. The number of halogens is 1. The third-order valence-electron chi connectivity index (χ3n) is 3.35. The second-order valence-electron chi connectivity index (χ2n) is 4.94. The summed E-state index contributed by atoms with van der Waals surface area (Å²) in [5, 5.41) is 3.31. The number of carbonyl (C=O) groups excluding carboxylic acids is 2. The van der Waals surface area contributed by atoms with E-state index in [1.807, 2.05) is 6.92 Å². The van der Waals surface area contributed by atoms with Crippen molar-refractivity contribution in [3.05, 3.63) is 58.9 Å². The van der Waals surface area contributed by atoms with Crippen molar-refractivity contribution >= 4 is 29.2 Å². The average molecular weight is 333 g/mol. The van der Waals surface area contributed by atoms with Crippen LogP contribution in [0.3, 0.4) is 0 Å². The minimum absolute atomic E-state index is 0.352. The van der Waals surface area contributed by atoms with E-state index in [2.05, 4.69) is 10.3 Å². The van der Waals surface area contributed by atoms with E-state index in [0.29, 0.717) is 22.7 Å². The standard InChI is InChI=1S/C17H17ClN2O3/c1-3-15(23-17(22)12-7-9-19-10-8-12)16(21)20-14-6-4-5-13(18)11(14)2/h4-10,15H,3H2,1-2H3,(H,20,21). The molecule has 0 saturated heterocycles. The molecule has 120 valence electrons. The van der Waals surface area contributed by atoms with Crippen molar-refractivity contribution in [1.29, 1.82) is 0 Å². The highest BCUT2D eigenvalue weighted by Gasteiger charge is 2.22. The maximum atomic E-state index is 12.3. The zero-order chi connectivity index (χ0) is 16.8. The molecule has 5 nitrogen and oxygen atoms in total. The predicted molar refractivity (Wildman–Crippen MR) is 88.6 cm³/mol. The van der Waals surface area contributed by atoms with E-state index in [0.717, 1.165) is 5.56 Å². The summed E-state index contributed by atoms with van der Waals surface area (Å²) < 4.78 is 5.28. The molecule has 0 aliphatic rings. The lowest BCUT2D eigenvalue weighted by atomic mass is 10.2. The van der Waals surface area contributed by atoms with Crippen LogP contribution in [0.15, 0.2) is 42.7 Å². The fraction of sp³-hybridized carbons (Fsp3) is 0.235. The summed E-state index contributed by atoms with van der Waals surface area (Å²) in [6.45, 7) is 3.58. The van der Waals surface area contributed by atoms with Crippen LogP contribution in [0.1, 0.15) is 29.3 Å². The Morgan fingerprint density at radius 3 is 2.61 bits per heavy atom. The predicted octanol–water partition coefficient (Wildman–Crippen LogP) is 3.62. The number of anilines is 1. The number of hydrogen-bond donors (Lipinski definition) is 1. The van der Waals surface area contributed by atoms with Crippen LogP contribution < -0.4 is 5.32 Å². The molecule has 0 fully saturated rings. The number of amides is 1. The molecule has 1 aromatic heterocycles. The molecule has 6 heteroatoms. The number of benzene rings is 1. The van der Waals surface area contributed by atoms with Gasteiger partial charge in [0, 0.05) is 23.1 Å². The summed E-state index contributed by atoms with van der Waals surface area (Å²) in [4.78, 5) is 28.2. The number of aromatic nitrogens is 1. The normalized spacial score (nSPS) is 11.6. The van der Waals surface area contributed by atoms with Gasteiger partial charge in [0.1, 0.15) is 0 Å². The third kappa shape index (κ3) is 4.29. The molecule has 23 heavy (non-hydrogen) atoms. The van der Waals surface area contributed by atoms with Gasteiger partial charge in [-0.15, -0.1) is 0 Å². The monoisotopic (exact) mass is 332 g/mol. The fourth-order valence-corrected chi connectivity index (χ4v) is 2.14. The number of carbonyl (C=O) groups is 2. The molecule has 0 aliphatic carbocycles. The molecule has 0 bridgehead atoms. The van der Waals surface area contributed by atoms with Crippen molar-refractivity contribution < 1.29 is 14.3 Å². The molecule has 2 rings (SSSR count). The van der Waals surface area contributed by atoms with Crippen LogP contribution in [0.5, 0.6) is 0 Å². The van der Waals surface area contributed by atoms with Gasteiger partial charge in [0.25, 0.3) is 5.91 Å². The Morgan fingerprint density at radius 2 is 1.96 bits per heavy atom. The first-order valence-electron chi connectivity index (χ1n) is 7.20. The van der Waals surface area contributed by atoms with Crippen molar-refractivity contribution in [2.45, 2.75) is 26.4 Å². The number of ether oxygens (including phenoxy) is 1. The highest BCUT2D eigenvalue weighted by Crippen LogP contribution is 2.23. The van der Waals surface area contributed by atoms with Gasteiger partial charge in [-0.05, 0) is 43.2 Å². The summed E-state index contributed by atoms with van der Waals surface area (Å²) in [7, 11) is 0. The summed E-state index contributed by atoms with van der Waals surface area (Å²) in [5.74, 6) is -0.947. The molecular formula is C17H17ClN2O3. The van der Waals surface area contributed by atoms with Crippen molar-refractivity contribution in [1.82, 2.24) is 4.98 Å². The highest BCUT2D eigenvalue weighted by molar-refractivity contribution is 6.31. The van der Waals surface area contributed by atoms with Crippen LogP contribution in [-0.2, 0) is 9.53 Å². The Kier molecular flexibility index (Phi) is 5.71. The Hall–Kier alpha value is -2.40. The topological polar surface area (TPSA) is 68.3 Å². The van der Waals surface area contributed by atoms with E-state index in [1.54, 1.807) is 25.1 Å². The first-order valence-corrected chi connectivity index (χ1v) is 7.57. The molecular weight excluding hydrogens is 316 g/mol. The molecule has 0 saturated carbocycles. The first-order chi connectivity index (χ1) is 11.0. The number of nitrogens with zero attached hydrogens (tertiary/aromatic N) is 1. The number of nitrogens with one attached hydrogen (secondary N) is 1. The maximum absolute atomic E-state index is 12.3. The molecule has 1 heterocycles.